The molecule has 0 bridgehead atoms. The van der Waals surface area contributed by atoms with Gasteiger partial charge in [-0.05, 0) is 6.42 Å². The second-order valence-electron chi connectivity index (χ2n) is 3.25. The third-order valence-corrected chi connectivity index (χ3v) is 2.20. The van der Waals surface area contributed by atoms with Crippen LogP contribution in [0, 0.1) is 0 Å². The number of amides is 1. The van der Waals surface area contributed by atoms with Gasteiger partial charge in [-0.3, -0.25) is 9.48 Å². The van der Waals surface area contributed by atoms with Gasteiger partial charge in [0.25, 0.3) is 5.91 Å². The molecule has 1 amide bonds. The summed E-state index contributed by atoms with van der Waals surface area (Å²) in [5.41, 5.74) is 6.46. The molecule has 1 aliphatic heterocycles. The van der Waals surface area contributed by atoms with Crippen molar-refractivity contribution in [3.63, 3.8) is 0 Å². The third kappa shape index (κ3) is 1.26. The van der Waals surface area contributed by atoms with Crippen molar-refractivity contribution >= 4 is 11.6 Å². The third-order valence-electron chi connectivity index (χ3n) is 2.20. The number of hydrogen-bond donors (Lipinski definition) is 1. The Morgan fingerprint density at radius 2 is 2.31 bits per heavy atom. The first-order valence-electron chi connectivity index (χ1n) is 4.27. The maximum absolute atomic E-state index is 11.6. The summed E-state index contributed by atoms with van der Waals surface area (Å²) in [6, 6.07) is 0. The van der Waals surface area contributed by atoms with Gasteiger partial charge in [-0.1, -0.05) is 0 Å². The van der Waals surface area contributed by atoms with E-state index in [1.54, 1.807) is 22.8 Å². The molecule has 0 aliphatic carbocycles. The molecule has 0 saturated carbocycles. The van der Waals surface area contributed by atoms with E-state index >= 15 is 0 Å². The minimum absolute atomic E-state index is 0.0515. The van der Waals surface area contributed by atoms with E-state index in [9.17, 15) is 4.79 Å². The van der Waals surface area contributed by atoms with Crippen LogP contribution in [0.5, 0.6) is 0 Å². The fraction of sp³-hybridized carbons (Fsp3) is 0.500. The molecule has 1 aliphatic rings. The van der Waals surface area contributed by atoms with Crippen LogP contribution in [0.4, 0.5) is 5.69 Å². The number of carbonyl (C=O) groups excluding carboxylic acids is 1. The number of rotatable bonds is 1. The zero-order valence-electron chi connectivity index (χ0n) is 7.53. The van der Waals surface area contributed by atoms with E-state index < -0.39 is 0 Å². The Bertz CT molecular complexity index is 340. The first-order chi connectivity index (χ1) is 6.18. The fourth-order valence-corrected chi connectivity index (χ4v) is 1.34. The normalized spacial score (nSPS) is 15.6. The average Bonchev–Trinajstić information content (AvgIpc) is 2.26. The molecule has 1 saturated heterocycles. The van der Waals surface area contributed by atoms with E-state index in [1.165, 1.54) is 0 Å². The molecule has 0 aromatic carbocycles. The van der Waals surface area contributed by atoms with Gasteiger partial charge in [0.2, 0.25) is 0 Å². The summed E-state index contributed by atoms with van der Waals surface area (Å²) >= 11 is 0. The highest BCUT2D eigenvalue weighted by Gasteiger charge is 2.25. The Labute approximate surface area is 76.1 Å². The van der Waals surface area contributed by atoms with Gasteiger partial charge in [0, 0.05) is 26.3 Å². The van der Waals surface area contributed by atoms with Crippen molar-refractivity contribution in [3.8, 4) is 0 Å². The van der Waals surface area contributed by atoms with Gasteiger partial charge < -0.3 is 10.6 Å². The van der Waals surface area contributed by atoms with Crippen LogP contribution in [0.15, 0.2) is 6.20 Å². The van der Waals surface area contributed by atoms with Gasteiger partial charge in [-0.25, -0.2) is 0 Å². The quantitative estimate of drug-likeness (QED) is 0.653. The summed E-state index contributed by atoms with van der Waals surface area (Å²) in [5, 5.41) is 4.01. The number of likely N-dealkylation sites (tertiary alicyclic amines) is 1. The zero-order chi connectivity index (χ0) is 9.42. The van der Waals surface area contributed by atoms with Gasteiger partial charge >= 0.3 is 0 Å². The summed E-state index contributed by atoms with van der Waals surface area (Å²) in [6.07, 6.45) is 2.73. The summed E-state index contributed by atoms with van der Waals surface area (Å²) in [7, 11) is 1.75. The van der Waals surface area contributed by atoms with Crippen molar-refractivity contribution < 1.29 is 4.79 Å². The minimum Gasteiger partial charge on any atom is -0.396 e. The molecule has 1 aromatic heterocycles. The second-order valence-corrected chi connectivity index (χ2v) is 3.25. The highest BCUT2D eigenvalue weighted by atomic mass is 16.2. The molecular formula is C8H12N4O. The van der Waals surface area contributed by atoms with Crippen LogP contribution in [0.3, 0.4) is 0 Å². The van der Waals surface area contributed by atoms with E-state index in [2.05, 4.69) is 5.10 Å². The van der Waals surface area contributed by atoms with E-state index in [-0.39, 0.29) is 5.91 Å². The summed E-state index contributed by atoms with van der Waals surface area (Å²) in [5.74, 6) is -0.0515. The summed E-state index contributed by atoms with van der Waals surface area (Å²) in [6.45, 7) is 1.66. The van der Waals surface area contributed by atoms with E-state index in [0.29, 0.717) is 11.4 Å². The highest BCUT2D eigenvalue weighted by molar-refractivity contribution is 5.97. The van der Waals surface area contributed by atoms with E-state index in [0.717, 1.165) is 19.5 Å². The Morgan fingerprint density at radius 1 is 1.62 bits per heavy atom. The van der Waals surface area contributed by atoms with Crippen molar-refractivity contribution in [2.75, 3.05) is 18.8 Å². The number of aromatic nitrogens is 2. The lowest BCUT2D eigenvalue weighted by Crippen LogP contribution is -2.42. The van der Waals surface area contributed by atoms with Crippen LogP contribution < -0.4 is 5.73 Å². The van der Waals surface area contributed by atoms with Gasteiger partial charge in [0.05, 0.1) is 5.69 Å². The predicted octanol–water partition coefficient (Wildman–Crippen LogP) is -0.152. The van der Waals surface area contributed by atoms with Crippen LogP contribution >= 0.6 is 0 Å². The molecule has 0 atom stereocenters. The molecule has 2 N–H and O–H groups in total. The summed E-state index contributed by atoms with van der Waals surface area (Å²) in [4.78, 5) is 13.4. The molecular weight excluding hydrogens is 168 g/mol. The Hall–Kier alpha value is -1.52. The van der Waals surface area contributed by atoms with Crippen LogP contribution in [-0.4, -0.2) is 33.7 Å². The van der Waals surface area contributed by atoms with Gasteiger partial charge in [-0.2, -0.15) is 5.10 Å². The second kappa shape index (κ2) is 2.76. The molecule has 2 heterocycles. The molecule has 1 aromatic rings. The first kappa shape index (κ1) is 8.10. The Morgan fingerprint density at radius 3 is 2.69 bits per heavy atom. The van der Waals surface area contributed by atoms with Crippen LogP contribution in [0.25, 0.3) is 0 Å². The summed E-state index contributed by atoms with van der Waals surface area (Å²) < 4.78 is 1.56. The Balaban J connectivity index is 2.23. The molecule has 0 spiro atoms. The van der Waals surface area contributed by atoms with Crippen molar-refractivity contribution in [3.05, 3.63) is 11.9 Å². The smallest absolute Gasteiger partial charge is 0.276 e. The van der Waals surface area contributed by atoms with Crippen molar-refractivity contribution in [2.24, 2.45) is 7.05 Å². The number of aryl methyl sites for hydroxylation is 1. The maximum Gasteiger partial charge on any atom is 0.276 e. The van der Waals surface area contributed by atoms with Crippen LogP contribution in [0.2, 0.25) is 0 Å². The van der Waals surface area contributed by atoms with Crippen molar-refractivity contribution in [1.82, 2.24) is 14.7 Å². The fourth-order valence-electron chi connectivity index (χ4n) is 1.34. The Kier molecular flexibility index (Phi) is 1.72. The number of nitrogen functional groups attached to an aromatic ring is 1. The number of anilines is 1. The molecule has 2 rings (SSSR count). The lowest BCUT2D eigenvalue weighted by Gasteiger charge is -2.30. The molecule has 13 heavy (non-hydrogen) atoms. The van der Waals surface area contributed by atoms with E-state index in [4.69, 9.17) is 5.73 Å². The zero-order valence-corrected chi connectivity index (χ0v) is 7.53. The van der Waals surface area contributed by atoms with Crippen molar-refractivity contribution in [1.29, 1.82) is 0 Å². The molecule has 5 heteroatoms. The minimum atomic E-state index is -0.0515. The number of nitrogens with zero attached hydrogens (tertiary/aromatic N) is 3. The van der Waals surface area contributed by atoms with Gasteiger partial charge in [-0.15, -0.1) is 0 Å². The van der Waals surface area contributed by atoms with Gasteiger partial charge in [0.1, 0.15) is 0 Å². The number of hydrogen-bond acceptors (Lipinski definition) is 3. The molecule has 70 valence electrons. The van der Waals surface area contributed by atoms with E-state index in [1.807, 2.05) is 0 Å². The van der Waals surface area contributed by atoms with Crippen LogP contribution in [0.1, 0.15) is 16.9 Å². The first-order valence-corrected chi connectivity index (χ1v) is 4.27. The molecule has 5 nitrogen and oxygen atoms in total. The largest absolute Gasteiger partial charge is 0.396 e. The molecule has 1 fully saturated rings. The number of nitrogens with two attached hydrogens (primary N) is 1. The predicted molar refractivity (Wildman–Crippen MR) is 48.1 cm³/mol. The van der Waals surface area contributed by atoms with Crippen LogP contribution in [-0.2, 0) is 7.05 Å². The monoisotopic (exact) mass is 180 g/mol. The SMILES string of the molecule is Cn1cc(N)c(C(=O)N2CCC2)n1. The molecule has 0 unspecified atom stereocenters. The average molecular weight is 180 g/mol. The van der Waals surface area contributed by atoms with Gasteiger partial charge in [0.15, 0.2) is 5.69 Å². The maximum atomic E-state index is 11.6. The number of carbonyl (C=O) groups is 1. The highest BCUT2D eigenvalue weighted by Crippen LogP contribution is 2.15. The lowest BCUT2D eigenvalue weighted by molar-refractivity contribution is 0.0646. The van der Waals surface area contributed by atoms with Crippen molar-refractivity contribution in [2.45, 2.75) is 6.42 Å². The standard InChI is InChI=1S/C8H12N4O/c1-11-5-6(9)7(10-11)8(13)12-3-2-4-12/h5H,2-4,9H2,1H3. The topological polar surface area (TPSA) is 64.2 Å². The lowest BCUT2D eigenvalue weighted by atomic mass is 10.2. The molecule has 0 radical (unpaired) electrons.